The van der Waals surface area contributed by atoms with E-state index in [2.05, 4.69) is 26.1 Å². The maximum absolute atomic E-state index is 10.0. The lowest BCUT2D eigenvalue weighted by atomic mass is 9.76. The maximum Gasteiger partial charge on any atom is 0.293 e. The van der Waals surface area contributed by atoms with Gasteiger partial charge >= 0.3 is 0 Å². The van der Waals surface area contributed by atoms with E-state index >= 15 is 0 Å². The highest BCUT2D eigenvalue weighted by atomic mass is 16.5. The van der Waals surface area contributed by atoms with Gasteiger partial charge in [-0.05, 0) is 44.7 Å². The summed E-state index contributed by atoms with van der Waals surface area (Å²) >= 11 is 0. The molecule has 0 aromatic rings. The van der Waals surface area contributed by atoms with Gasteiger partial charge in [-0.2, -0.15) is 0 Å². The molecule has 0 amide bonds. The molecule has 118 valence electrons. The first kappa shape index (κ1) is 23.5. The van der Waals surface area contributed by atoms with Crippen LogP contribution in [0.25, 0.3) is 0 Å². The molecule has 1 N–H and O–H groups in total. The van der Waals surface area contributed by atoms with Gasteiger partial charge in [-0.3, -0.25) is 4.79 Å². The average Bonchev–Trinajstić information content (AvgIpc) is 2.46. The monoisotopic (exact) mass is 275 g/mol. The first-order valence-corrected chi connectivity index (χ1v) is 7.79. The molecule has 19 heavy (non-hydrogen) atoms. The van der Waals surface area contributed by atoms with Crippen LogP contribution in [0.1, 0.15) is 74.1 Å². The number of hydrogen-bond donors (Lipinski definition) is 1. The van der Waals surface area contributed by atoms with Crippen LogP contribution in [0.4, 0.5) is 0 Å². The summed E-state index contributed by atoms with van der Waals surface area (Å²) in [5.74, 6) is 0. The number of rotatable bonds is 3. The third kappa shape index (κ3) is 17.4. The van der Waals surface area contributed by atoms with Gasteiger partial charge in [0.1, 0.15) is 6.10 Å². The zero-order valence-corrected chi connectivity index (χ0v) is 14.5. The van der Waals surface area contributed by atoms with Crippen LogP contribution in [-0.2, 0) is 9.53 Å². The Balaban J connectivity index is -0.000000271. The van der Waals surface area contributed by atoms with Crippen molar-refractivity contribution >= 4 is 6.47 Å². The minimum Gasteiger partial charge on any atom is -0.465 e. The van der Waals surface area contributed by atoms with Crippen LogP contribution in [0.15, 0.2) is 0 Å². The molecule has 0 unspecified atom stereocenters. The summed E-state index contributed by atoms with van der Waals surface area (Å²) in [6, 6.07) is 0. The van der Waals surface area contributed by atoms with E-state index < -0.39 is 0 Å². The first-order valence-electron chi connectivity index (χ1n) is 7.79. The first-order chi connectivity index (χ1) is 9.05. The summed E-state index contributed by atoms with van der Waals surface area (Å²) in [4.78, 5) is 10.0. The predicted octanol–water partition coefficient (Wildman–Crippen LogP) is 4.41. The average molecular weight is 275 g/mol. The molecule has 3 heteroatoms. The minimum absolute atomic E-state index is 0.195. The second-order valence-electron chi connectivity index (χ2n) is 4.80. The van der Waals surface area contributed by atoms with E-state index in [1.165, 1.54) is 12.8 Å². The quantitative estimate of drug-likeness (QED) is 0.776. The Morgan fingerprint density at radius 1 is 1.16 bits per heavy atom. The fourth-order valence-corrected chi connectivity index (χ4v) is 1.59. The number of carbonyl (C=O) groups is 1. The van der Waals surface area contributed by atoms with Gasteiger partial charge < -0.3 is 10.1 Å². The molecule has 1 saturated carbocycles. The van der Waals surface area contributed by atoms with Crippen LogP contribution in [0.2, 0.25) is 0 Å². The molecule has 0 bridgehead atoms. The minimum atomic E-state index is 0.195. The summed E-state index contributed by atoms with van der Waals surface area (Å²) in [7, 11) is 1.93. The molecule has 0 spiro atoms. The zero-order valence-electron chi connectivity index (χ0n) is 14.5. The Morgan fingerprint density at radius 3 is 1.79 bits per heavy atom. The van der Waals surface area contributed by atoms with Crippen molar-refractivity contribution in [3.05, 3.63) is 0 Å². The summed E-state index contributed by atoms with van der Waals surface area (Å²) in [6.45, 7) is 16.2. The van der Waals surface area contributed by atoms with Gasteiger partial charge in [0.2, 0.25) is 0 Å². The number of ether oxygens (including phenoxy) is 1. The molecule has 1 rings (SSSR count). The SMILES string of the molecule is CC.CC.CC1(C)CCC(OC=O)CC1.CCNC. The molecular formula is C16H37NO2. The van der Waals surface area contributed by atoms with E-state index in [0.717, 1.165) is 19.4 Å². The molecular weight excluding hydrogens is 238 g/mol. The maximum atomic E-state index is 10.0. The predicted molar refractivity (Wildman–Crippen MR) is 85.5 cm³/mol. The third-order valence-electron chi connectivity index (χ3n) is 2.89. The van der Waals surface area contributed by atoms with Crippen molar-refractivity contribution in [2.75, 3.05) is 13.6 Å². The second-order valence-corrected chi connectivity index (χ2v) is 4.80. The van der Waals surface area contributed by atoms with Gasteiger partial charge in [0.05, 0.1) is 0 Å². The van der Waals surface area contributed by atoms with Crippen molar-refractivity contribution in [3.63, 3.8) is 0 Å². The number of hydrogen-bond acceptors (Lipinski definition) is 3. The van der Waals surface area contributed by atoms with E-state index in [0.29, 0.717) is 11.9 Å². The lowest BCUT2D eigenvalue weighted by Crippen LogP contribution is -2.26. The van der Waals surface area contributed by atoms with Crippen LogP contribution < -0.4 is 5.32 Å². The smallest absolute Gasteiger partial charge is 0.293 e. The van der Waals surface area contributed by atoms with Gasteiger partial charge in [0, 0.05) is 0 Å². The fourth-order valence-electron chi connectivity index (χ4n) is 1.59. The van der Waals surface area contributed by atoms with Crippen LogP contribution in [0.5, 0.6) is 0 Å². The van der Waals surface area contributed by atoms with E-state index in [1.807, 2.05) is 34.7 Å². The Morgan fingerprint density at radius 2 is 1.53 bits per heavy atom. The molecule has 3 nitrogen and oxygen atoms in total. The van der Waals surface area contributed by atoms with Gasteiger partial charge in [0.25, 0.3) is 6.47 Å². The fraction of sp³-hybridized carbons (Fsp3) is 0.938. The van der Waals surface area contributed by atoms with Gasteiger partial charge in [0.15, 0.2) is 0 Å². The van der Waals surface area contributed by atoms with Gasteiger partial charge in [-0.15, -0.1) is 0 Å². The zero-order chi connectivity index (χ0) is 15.7. The van der Waals surface area contributed by atoms with Crippen molar-refractivity contribution in [1.82, 2.24) is 5.32 Å². The molecule has 0 aromatic heterocycles. The standard InChI is InChI=1S/C9H16O2.C3H9N.2C2H6/c1-9(2)5-3-8(4-6-9)11-7-10;1-3-4-2;2*1-2/h7-8H,3-6H2,1-2H3;4H,3H2,1-2H3;2*1-2H3. The summed E-state index contributed by atoms with van der Waals surface area (Å²) in [5.41, 5.74) is 0.461. The Hall–Kier alpha value is -0.570. The van der Waals surface area contributed by atoms with E-state index in [4.69, 9.17) is 4.74 Å². The lowest BCUT2D eigenvalue weighted by molar-refractivity contribution is -0.135. The number of carbonyl (C=O) groups excluding carboxylic acids is 1. The highest BCUT2D eigenvalue weighted by molar-refractivity contribution is 5.37. The summed E-state index contributed by atoms with van der Waals surface area (Å²) in [6.07, 6.45) is 4.61. The molecule has 1 fully saturated rings. The van der Waals surface area contributed by atoms with E-state index in [9.17, 15) is 4.79 Å². The highest BCUT2D eigenvalue weighted by Crippen LogP contribution is 2.35. The molecule has 1 aliphatic carbocycles. The normalized spacial score (nSPS) is 16.4. The topological polar surface area (TPSA) is 38.3 Å². The van der Waals surface area contributed by atoms with Crippen molar-refractivity contribution < 1.29 is 9.53 Å². The summed E-state index contributed by atoms with van der Waals surface area (Å²) in [5, 5.41) is 2.93. The Labute approximate surface area is 121 Å². The van der Waals surface area contributed by atoms with Crippen molar-refractivity contribution in [2.24, 2.45) is 5.41 Å². The molecule has 0 radical (unpaired) electrons. The van der Waals surface area contributed by atoms with E-state index in [-0.39, 0.29) is 6.10 Å². The van der Waals surface area contributed by atoms with Crippen molar-refractivity contribution in [2.45, 2.75) is 80.3 Å². The highest BCUT2D eigenvalue weighted by Gasteiger charge is 2.27. The Kier molecular flexibility index (Phi) is 21.6. The largest absolute Gasteiger partial charge is 0.465 e. The molecule has 0 atom stereocenters. The molecule has 0 heterocycles. The second kappa shape index (κ2) is 17.4. The molecule has 0 saturated heterocycles. The van der Waals surface area contributed by atoms with Crippen LogP contribution in [0, 0.1) is 5.41 Å². The van der Waals surface area contributed by atoms with Gasteiger partial charge in [-0.1, -0.05) is 48.5 Å². The summed E-state index contributed by atoms with van der Waals surface area (Å²) < 4.78 is 4.90. The van der Waals surface area contributed by atoms with Gasteiger partial charge in [-0.25, -0.2) is 0 Å². The van der Waals surface area contributed by atoms with Crippen LogP contribution >= 0.6 is 0 Å². The molecule has 0 aliphatic heterocycles. The van der Waals surface area contributed by atoms with Crippen LogP contribution in [-0.4, -0.2) is 26.2 Å². The number of nitrogens with one attached hydrogen (secondary N) is 1. The molecule has 0 aromatic carbocycles. The van der Waals surface area contributed by atoms with Crippen molar-refractivity contribution in [1.29, 1.82) is 0 Å². The van der Waals surface area contributed by atoms with E-state index in [1.54, 1.807) is 0 Å². The molecule has 1 aliphatic rings. The lowest BCUT2D eigenvalue weighted by Gasteiger charge is -2.33. The van der Waals surface area contributed by atoms with Crippen molar-refractivity contribution in [3.8, 4) is 0 Å². The Bertz CT molecular complexity index is 158. The third-order valence-corrected chi connectivity index (χ3v) is 2.89. The van der Waals surface area contributed by atoms with Crippen LogP contribution in [0.3, 0.4) is 0 Å².